The third kappa shape index (κ3) is 5.12. The van der Waals surface area contributed by atoms with Crippen LogP contribution in [0.25, 0.3) is 22.0 Å². The molecule has 1 heterocycles. The topological polar surface area (TPSA) is 57.7 Å². The number of carbonyl (C=O) groups is 1. The van der Waals surface area contributed by atoms with Crippen molar-refractivity contribution in [1.29, 1.82) is 0 Å². The van der Waals surface area contributed by atoms with Crippen molar-refractivity contribution in [2.75, 3.05) is 20.3 Å². The fourth-order valence-corrected chi connectivity index (χ4v) is 4.03. The molecule has 5 nitrogen and oxygen atoms in total. The van der Waals surface area contributed by atoms with Crippen LogP contribution in [-0.4, -0.2) is 31.1 Å². The molecule has 0 aliphatic carbocycles. The van der Waals surface area contributed by atoms with Gasteiger partial charge in [0.25, 0.3) is 0 Å². The number of fused-ring (bicyclic) bond motifs is 1. The highest BCUT2D eigenvalue weighted by molar-refractivity contribution is 6.31. The van der Waals surface area contributed by atoms with Crippen LogP contribution in [0.3, 0.4) is 0 Å². The number of ether oxygens (including phenoxy) is 3. The molecule has 4 aromatic rings. The molecule has 0 N–H and O–H groups in total. The number of ketones is 1. The minimum Gasteiger partial charge on any atom is -0.481 e. The minimum atomic E-state index is -0.443. The third-order valence-electron chi connectivity index (χ3n) is 5.47. The molecule has 0 aliphatic rings. The average molecular weight is 476 g/mol. The van der Waals surface area contributed by atoms with E-state index in [1.54, 1.807) is 25.3 Å². The molecule has 0 amide bonds. The van der Waals surface area contributed by atoms with E-state index in [1.807, 2.05) is 68.4 Å². The second-order valence-corrected chi connectivity index (χ2v) is 8.08. The summed E-state index contributed by atoms with van der Waals surface area (Å²) in [4.78, 5) is 17.9. The van der Waals surface area contributed by atoms with E-state index in [0.29, 0.717) is 35.2 Å². The van der Waals surface area contributed by atoms with Gasteiger partial charge in [0.1, 0.15) is 0 Å². The Morgan fingerprint density at radius 2 is 1.62 bits per heavy atom. The highest BCUT2D eigenvalue weighted by Gasteiger charge is 2.16. The number of pyridine rings is 1. The van der Waals surface area contributed by atoms with Gasteiger partial charge in [-0.1, -0.05) is 48.0 Å². The number of carbonyl (C=O) groups excluding carboxylic acids is 1. The van der Waals surface area contributed by atoms with Crippen molar-refractivity contribution < 1.29 is 19.0 Å². The first kappa shape index (κ1) is 23.9. The fraction of sp³-hybridized carbons (Fsp3) is 0.214. The van der Waals surface area contributed by atoms with Crippen LogP contribution in [0, 0.1) is 0 Å². The van der Waals surface area contributed by atoms with Crippen molar-refractivity contribution in [2.24, 2.45) is 0 Å². The maximum absolute atomic E-state index is 13.3. The summed E-state index contributed by atoms with van der Waals surface area (Å²) in [6.45, 7) is 4.92. The Labute approximate surface area is 204 Å². The summed E-state index contributed by atoms with van der Waals surface area (Å²) in [5.74, 6) is 0.418. The maximum atomic E-state index is 13.3. The average Bonchev–Trinajstić information content (AvgIpc) is 2.87. The molecular formula is C28H26ClNO4. The van der Waals surface area contributed by atoms with Gasteiger partial charge in [-0.3, -0.25) is 4.79 Å². The standard InChI is InChI=1S/C28H26ClNO4/c1-4-33-28(34-5-2)19-11-9-18(10-12-19)27(31)21-13-14-25-24(16-21)23(17-26(30-25)32-3)20-7-6-8-22(29)15-20/h6-17,28H,4-5H2,1-3H3. The molecule has 3 aromatic carbocycles. The van der Waals surface area contributed by atoms with Crippen LogP contribution < -0.4 is 4.74 Å². The van der Waals surface area contributed by atoms with E-state index in [2.05, 4.69) is 4.98 Å². The fourth-order valence-electron chi connectivity index (χ4n) is 3.84. The van der Waals surface area contributed by atoms with Gasteiger partial charge in [0.05, 0.1) is 12.6 Å². The highest BCUT2D eigenvalue weighted by atomic mass is 35.5. The molecule has 0 radical (unpaired) electrons. The number of nitrogens with zero attached hydrogens (tertiary/aromatic N) is 1. The van der Waals surface area contributed by atoms with E-state index in [-0.39, 0.29) is 5.78 Å². The SMILES string of the molecule is CCOC(OCC)c1ccc(C(=O)c2ccc3nc(OC)cc(-c4cccc(Cl)c4)c3c2)cc1. The van der Waals surface area contributed by atoms with Gasteiger partial charge in [0.2, 0.25) is 5.88 Å². The predicted octanol–water partition coefficient (Wildman–Crippen LogP) is 6.87. The van der Waals surface area contributed by atoms with E-state index in [0.717, 1.165) is 27.6 Å². The number of halogens is 1. The minimum absolute atomic E-state index is 0.0781. The maximum Gasteiger partial charge on any atom is 0.214 e. The first-order valence-electron chi connectivity index (χ1n) is 11.2. The van der Waals surface area contributed by atoms with Gasteiger partial charge < -0.3 is 14.2 Å². The normalized spacial score (nSPS) is 11.2. The second kappa shape index (κ2) is 10.8. The molecule has 0 saturated carbocycles. The predicted molar refractivity (Wildman–Crippen MR) is 135 cm³/mol. The smallest absolute Gasteiger partial charge is 0.214 e. The zero-order valence-corrected chi connectivity index (χ0v) is 20.1. The Morgan fingerprint density at radius 1 is 0.912 bits per heavy atom. The number of methoxy groups -OCH3 is 1. The Morgan fingerprint density at radius 3 is 2.26 bits per heavy atom. The lowest BCUT2D eigenvalue weighted by molar-refractivity contribution is -0.140. The van der Waals surface area contributed by atoms with Gasteiger partial charge >= 0.3 is 0 Å². The molecule has 0 bridgehead atoms. The summed E-state index contributed by atoms with van der Waals surface area (Å²) in [6, 6.07) is 22.3. The molecule has 4 rings (SSSR count). The van der Waals surface area contributed by atoms with E-state index in [4.69, 9.17) is 25.8 Å². The van der Waals surface area contributed by atoms with E-state index in [1.165, 1.54) is 0 Å². The van der Waals surface area contributed by atoms with Crippen molar-refractivity contribution >= 4 is 28.3 Å². The van der Waals surface area contributed by atoms with Gasteiger partial charge in [0.15, 0.2) is 12.1 Å². The molecule has 0 saturated heterocycles. The van der Waals surface area contributed by atoms with Gasteiger partial charge in [-0.05, 0) is 55.3 Å². The lowest BCUT2D eigenvalue weighted by atomic mass is 9.96. The molecule has 1 aromatic heterocycles. The molecule has 0 spiro atoms. The highest BCUT2D eigenvalue weighted by Crippen LogP contribution is 2.33. The Bertz CT molecular complexity index is 1300. The quantitative estimate of drug-likeness (QED) is 0.195. The Kier molecular flexibility index (Phi) is 7.58. The third-order valence-corrected chi connectivity index (χ3v) is 5.71. The molecule has 34 heavy (non-hydrogen) atoms. The number of benzene rings is 3. The van der Waals surface area contributed by atoms with Crippen LogP contribution in [0.5, 0.6) is 5.88 Å². The first-order chi connectivity index (χ1) is 16.5. The van der Waals surface area contributed by atoms with Crippen LogP contribution in [-0.2, 0) is 9.47 Å². The molecule has 0 aliphatic heterocycles. The Hall–Kier alpha value is -3.25. The molecule has 6 heteroatoms. The summed E-state index contributed by atoms with van der Waals surface area (Å²) < 4.78 is 16.7. The summed E-state index contributed by atoms with van der Waals surface area (Å²) in [7, 11) is 1.58. The number of aromatic nitrogens is 1. The van der Waals surface area contributed by atoms with Crippen LogP contribution in [0.15, 0.2) is 72.8 Å². The number of hydrogen-bond donors (Lipinski definition) is 0. The van der Waals surface area contributed by atoms with Crippen molar-refractivity contribution in [2.45, 2.75) is 20.1 Å². The molecular weight excluding hydrogens is 450 g/mol. The van der Waals surface area contributed by atoms with Gasteiger partial charge in [-0.2, -0.15) is 0 Å². The molecule has 174 valence electrons. The number of hydrogen-bond acceptors (Lipinski definition) is 5. The van der Waals surface area contributed by atoms with Crippen LogP contribution >= 0.6 is 11.6 Å². The molecule has 0 atom stereocenters. The van der Waals surface area contributed by atoms with Crippen molar-refractivity contribution in [3.63, 3.8) is 0 Å². The largest absolute Gasteiger partial charge is 0.481 e. The zero-order valence-electron chi connectivity index (χ0n) is 19.4. The van der Waals surface area contributed by atoms with Crippen LogP contribution in [0.4, 0.5) is 0 Å². The summed E-state index contributed by atoms with van der Waals surface area (Å²) >= 11 is 6.24. The van der Waals surface area contributed by atoms with Crippen molar-refractivity contribution in [3.05, 3.63) is 94.5 Å². The van der Waals surface area contributed by atoms with Crippen LogP contribution in [0.1, 0.15) is 41.6 Å². The lowest BCUT2D eigenvalue weighted by Gasteiger charge is -2.17. The molecule has 0 unspecified atom stereocenters. The van der Waals surface area contributed by atoms with Crippen LogP contribution in [0.2, 0.25) is 5.02 Å². The second-order valence-electron chi connectivity index (χ2n) is 7.65. The summed E-state index contributed by atoms with van der Waals surface area (Å²) in [5.41, 5.74) is 4.58. The monoisotopic (exact) mass is 475 g/mol. The van der Waals surface area contributed by atoms with Crippen molar-refractivity contribution in [1.82, 2.24) is 4.98 Å². The van der Waals surface area contributed by atoms with Crippen molar-refractivity contribution in [3.8, 4) is 17.0 Å². The summed E-state index contributed by atoms with van der Waals surface area (Å²) in [5, 5.41) is 1.48. The van der Waals surface area contributed by atoms with E-state index in [9.17, 15) is 4.79 Å². The lowest BCUT2D eigenvalue weighted by Crippen LogP contribution is -2.09. The Balaban J connectivity index is 1.72. The van der Waals surface area contributed by atoms with Gasteiger partial charge in [-0.25, -0.2) is 4.98 Å². The molecule has 0 fully saturated rings. The number of rotatable bonds is 9. The van der Waals surface area contributed by atoms with Gasteiger partial charge in [0, 0.05) is 46.4 Å². The first-order valence-corrected chi connectivity index (χ1v) is 11.5. The van der Waals surface area contributed by atoms with Gasteiger partial charge in [-0.15, -0.1) is 0 Å². The summed E-state index contributed by atoms with van der Waals surface area (Å²) in [6.07, 6.45) is -0.443. The zero-order chi connectivity index (χ0) is 24.1. The van der Waals surface area contributed by atoms with E-state index >= 15 is 0 Å². The van der Waals surface area contributed by atoms with E-state index < -0.39 is 6.29 Å².